The van der Waals surface area contributed by atoms with Crippen molar-refractivity contribution in [2.75, 3.05) is 11.9 Å². The van der Waals surface area contributed by atoms with Gasteiger partial charge in [-0.1, -0.05) is 0 Å². The van der Waals surface area contributed by atoms with Gasteiger partial charge in [0.05, 0.1) is 25.3 Å². The monoisotopic (exact) mass is 260 g/mol. The van der Waals surface area contributed by atoms with Crippen molar-refractivity contribution in [3.05, 3.63) is 42.2 Å². The van der Waals surface area contributed by atoms with E-state index in [0.29, 0.717) is 18.9 Å². The Morgan fingerprint density at radius 3 is 2.74 bits per heavy atom. The Kier molecular flexibility index (Phi) is 4.39. The number of aromatic amines is 1. The van der Waals surface area contributed by atoms with E-state index < -0.39 is 0 Å². The van der Waals surface area contributed by atoms with Crippen molar-refractivity contribution in [1.82, 2.24) is 10.2 Å². The molecule has 0 atom stereocenters. The molecule has 2 aromatic rings. The number of hydrogen-bond acceptors (Lipinski definition) is 4. The zero-order valence-electron chi connectivity index (χ0n) is 10.4. The van der Waals surface area contributed by atoms with E-state index in [4.69, 9.17) is 10.5 Å². The van der Waals surface area contributed by atoms with E-state index >= 15 is 0 Å². The molecule has 1 aromatic carbocycles. The van der Waals surface area contributed by atoms with E-state index in [-0.39, 0.29) is 12.3 Å². The van der Waals surface area contributed by atoms with Gasteiger partial charge >= 0.3 is 0 Å². The second-order valence-corrected chi connectivity index (χ2v) is 4.02. The highest BCUT2D eigenvalue weighted by molar-refractivity contribution is 5.73. The topological polar surface area (TPSA) is 93.0 Å². The third kappa shape index (κ3) is 4.34. The summed E-state index contributed by atoms with van der Waals surface area (Å²) in [7, 11) is 0. The van der Waals surface area contributed by atoms with Gasteiger partial charge < -0.3 is 15.8 Å². The standard InChI is InChI=1S/C13H16N4O2/c14-13(18)6-8-19-12-3-1-10(2-4-12)15-9-11-5-7-16-17-11/h1-5,7,15H,6,8-9H2,(H2,14,18)(H,16,17). The van der Waals surface area contributed by atoms with Gasteiger partial charge in [0.1, 0.15) is 5.75 Å². The van der Waals surface area contributed by atoms with Gasteiger partial charge in [-0.2, -0.15) is 5.10 Å². The molecule has 0 unspecified atom stereocenters. The van der Waals surface area contributed by atoms with E-state index in [0.717, 1.165) is 11.4 Å². The smallest absolute Gasteiger partial charge is 0.220 e. The number of amides is 1. The summed E-state index contributed by atoms with van der Waals surface area (Å²) >= 11 is 0. The maximum atomic E-state index is 10.6. The molecule has 0 aliphatic heterocycles. The first-order chi connectivity index (χ1) is 9.24. The van der Waals surface area contributed by atoms with Crippen LogP contribution < -0.4 is 15.8 Å². The molecule has 0 spiro atoms. The highest BCUT2D eigenvalue weighted by Crippen LogP contribution is 2.16. The van der Waals surface area contributed by atoms with Gasteiger partial charge in [-0.05, 0) is 30.3 Å². The van der Waals surface area contributed by atoms with Crippen molar-refractivity contribution in [2.45, 2.75) is 13.0 Å². The Labute approximate surface area is 111 Å². The Morgan fingerprint density at radius 1 is 1.32 bits per heavy atom. The van der Waals surface area contributed by atoms with Crippen molar-refractivity contribution < 1.29 is 9.53 Å². The van der Waals surface area contributed by atoms with Crippen LogP contribution in [0, 0.1) is 0 Å². The number of primary amides is 1. The Bertz CT molecular complexity index is 508. The number of anilines is 1. The van der Waals surface area contributed by atoms with Crippen molar-refractivity contribution in [3.8, 4) is 5.75 Å². The van der Waals surface area contributed by atoms with Crippen LogP contribution in [0.1, 0.15) is 12.1 Å². The number of ether oxygens (including phenoxy) is 1. The number of nitrogens with two attached hydrogens (primary N) is 1. The molecular weight excluding hydrogens is 244 g/mol. The molecule has 4 N–H and O–H groups in total. The first kappa shape index (κ1) is 12.9. The van der Waals surface area contributed by atoms with Crippen LogP contribution in [0.3, 0.4) is 0 Å². The van der Waals surface area contributed by atoms with Crippen LogP contribution in [-0.2, 0) is 11.3 Å². The molecule has 0 aliphatic carbocycles. The van der Waals surface area contributed by atoms with E-state index in [2.05, 4.69) is 15.5 Å². The average molecular weight is 260 g/mol. The summed E-state index contributed by atoms with van der Waals surface area (Å²) in [6, 6.07) is 9.42. The average Bonchev–Trinajstić information content (AvgIpc) is 2.90. The fraction of sp³-hybridized carbons (Fsp3) is 0.231. The largest absolute Gasteiger partial charge is 0.493 e. The Balaban J connectivity index is 1.79. The van der Waals surface area contributed by atoms with E-state index in [1.807, 2.05) is 30.3 Å². The zero-order chi connectivity index (χ0) is 13.5. The molecule has 100 valence electrons. The summed E-state index contributed by atoms with van der Waals surface area (Å²) in [6.45, 7) is 0.984. The fourth-order valence-electron chi connectivity index (χ4n) is 1.52. The lowest BCUT2D eigenvalue weighted by atomic mass is 10.3. The maximum Gasteiger partial charge on any atom is 0.220 e. The van der Waals surface area contributed by atoms with E-state index in [1.54, 1.807) is 6.20 Å². The molecule has 19 heavy (non-hydrogen) atoms. The molecule has 6 heteroatoms. The third-order valence-corrected chi connectivity index (χ3v) is 2.51. The number of carbonyl (C=O) groups excluding carboxylic acids is 1. The van der Waals surface area contributed by atoms with Crippen LogP contribution in [0.4, 0.5) is 5.69 Å². The maximum absolute atomic E-state index is 10.6. The van der Waals surface area contributed by atoms with E-state index in [9.17, 15) is 4.79 Å². The molecule has 0 bridgehead atoms. The Hall–Kier alpha value is -2.50. The summed E-state index contributed by atoms with van der Waals surface area (Å²) in [6.07, 6.45) is 1.94. The molecule has 1 amide bonds. The van der Waals surface area contributed by atoms with Gasteiger partial charge in [-0.25, -0.2) is 0 Å². The molecule has 0 saturated heterocycles. The molecule has 0 saturated carbocycles. The van der Waals surface area contributed by atoms with Crippen LogP contribution in [0.25, 0.3) is 0 Å². The van der Waals surface area contributed by atoms with Crippen molar-refractivity contribution >= 4 is 11.6 Å². The minimum Gasteiger partial charge on any atom is -0.493 e. The minimum absolute atomic E-state index is 0.222. The lowest BCUT2D eigenvalue weighted by Crippen LogP contribution is -2.14. The molecule has 1 heterocycles. The van der Waals surface area contributed by atoms with Crippen LogP contribution in [-0.4, -0.2) is 22.7 Å². The summed E-state index contributed by atoms with van der Waals surface area (Å²) in [4.78, 5) is 10.6. The van der Waals surface area contributed by atoms with Gasteiger partial charge in [-0.15, -0.1) is 0 Å². The van der Waals surface area contributed by atoms with Gasteiger partial charge in [0.2, 0.25) is 5.91 Å². The minimum atomic E-state index is -0.363. The van der Waals surface area contributed by atoms with Crippen molar-refractivity contribution in [3.63, 3.8) is 0 Å². The lowest BCUT2D eigenvalue weighted by Gasteiger charge is -2.07. The van der Waals surface area contributed by atoms with Crippen molar-refractivity contribution in [2.24, 2.45) is 5.73 Å². The molecule has 0 fully saturated rings. The molecule has 2 rings (SSSR count). The number of H-pyrrole nitrogens is 1. The SMILES string of the molecule is NC(=O)CCOc1ccc(NCc2ccn[nH]2)cc1. The molecule has 0 aliphatic rings. The third-order valence-electron chi connectivity index (χ3n) is 2.51. The summed E-state index contributed by atoms with van der Waals surface area (Å²) in [5.41, 5.74) is 7.03. The second kappa shape index (κ2) is 6.44. The first-order valence-corrected chi connectivity index (χ1v) is 5.97. The number of nitrogens with zero attached hydrogens (tertiary/aromatic N) is 1. The van der Waals surface area contributed by atoms with Crippen LogP contribution in [0.15, 0.2) is 36.5 Å². The van der Waals surface area contributed by atoms with Crippen LogP contribution >= 0.6 is 0 Å². The molecule has 6 nitrogen and oxygen atoms in total. The highest BCUT2D eigenvalue weighted by Gasteiger charge is 1.98. The van der Waals surface area contributed by atoms with Crippen LogP contribution in [0.5, 0.6) is 5.75 Å². The molecule has 0 radical (unpaired) electrons. The fourth-order valence-corrected chi connectivity index (χ4v) is 1.52. The van der Waals surface area contributed by atoms with Crippen molar-refractivity contribution in [1.29, 1.82) is 0 Å². The lowest BCUT2D eigenvalue weighted by molar-refractivity contribution is -0.118. The second-order valence-electron chi connectivity index (χ2n) is 4.02. The number of hydrogen-bond donors (Lipinski definition) is 3. The first-order valence-electron chi connectivity index (χ1n) is 5.97. The van der Waals surface area contributed by atoms with E-state index in [1.165, 1.54) is 0 Å². The summed E-state index contributed by atoms with van der Waals surface area (Å²) in [5.74, 6) is 0.353. The molecular formula is C13H16N4O2. The predicted octanol–water partition coefficient (Wildman–Crippen LogP) is 1.28. The number of carbonyl (C=O) groups is 1. The summed E-state index contributed by atoms with van der Waals surface area (Å²) < 4.78 is 5.38. The normalized spacial score (nSPS) is 10.1. The highest BCUT2D eigenvalue weighted by atomic mass is 16.5. The number of benzene rings is 1. The number of aromatic nitrogens is 2. The van der Waals surface area contributed by atoms with Gasteiger partial charge in [0.25, 0.3) is 0 Å². The summed E-state index contributed by atoms with van der Waals surface area (Å²) in [5, 5.41) is 10.00. The zero-order valence-corrected chi connectivity index (χ0v) is 10.4. The quantitative estimate of drug-likeness (QED) is 0.699. The molecule has 1 aromatic heterocycles. The predicted molar refractivity (Wildman–Crippen MR) is 71.7 cm³/mol. The Morgan fingerprint density at radius 2 is 2.11 bits per heavy atom. The van der Waals surface area contributed by atoms with Gasteiger partial charge in [0.15, 0.2) is 0 Å². The van der Waals surface area contributed by atoms with Gasteiger partial charge in [0, 0.05) is 11.9 Å². The van der Waals surface area contributed by atoms with Crippen LogP contribution in [0.2, 0.25) is 0 Å². The number of nitrogens with one attached hydrogen (secondary N) is 2. The number of rotatable bonds is 7. The van der Waals surface area contributed by atoms with Gasteiger partial charge in [-0.3, -0.25) is 9.89 Å².